The summed E-state index contributed by atoms with van der Waals surface area (Å²) < 4.78 is 12.7. The number of hydrogen-bond acceptors (Lipinski definition) is 8. The van der Waals surface area contributed by atoms with Crippen LogP contribution in [0, 0.1) is 0 Å². The van der Waals surface area contributed by atoms with Crippen LogP contribution < -0.4 is 20.1 Å². The lowest BCUT2D eigenvalue weighted by atomic mass is 9.85. The summed E-state index contributed by atoms with van der Waals surface area (Å²) >= 11 is 0. The Morgan fingerprint density at radius 3 is 2.36 bits per heavy atom. The van der Waals surface area contributed by atoms with Crippen molar-refractivity contribution in [3.05, 3.63) is 66.1 Å². The number of aliphatic hydroxyl groups is 1. The highest BCUT2D eigenvalue weighted by Crippen LogP contribution is 2.35. The molecule has 0 spiro atoms. The fraction of sp³-hybridized carbons (Fsp3) is 0.370. The summed E-state index contributed by atoms with van der Waals surface area (Å²) in [6, 6.07) is 11.5. The molecule has 0 aliphatic rings. The smallest absolute Gasteiger partial charge is 0.127 e. The highest BCUT2D eigenvalue weighted by molar-refractivity contribution is 5.78. The first-order valence-corrected chi connectivity index (χ1v) is 12.0. The average Bonchev–Trinajstić information content (AvgIpc) is 3.33. The van der Waals surface area contributed by atoms with E-state index in [4.69, 9.17) is 14.5 Å². The third-order valence-corrected chi connectivity index (χ3v) is 6.08. The predicted octanol–water partition coefficient (Wildman–Crippen LogP) is 2.87. The first kappa shape index (κ1) is 25.6. The molecule has 0 saturated heterocycles. The Hall–Kier alpha value is -3.53. The molecule has 4 rings (SSSR count). The van der Waals surface area contributed by atoms with Crippen LogP contribution in [0.2, 0.25) is 0 Å². The predicted molar refractivity (Wildman–Crippen MR) is 140 cm³/mol. The normalized spacial score (nSPS) is 13.2. The molecule has 0 bridgehead atoms. The highest BCUT2D eigenvalue weighted by Gasteiger charge is 2.33. The maximum atomic E-state index is 12.2. The van der Waals surface area contributed by atoms with Crippen molar-refractivity contribution in [3.8, 4) is 22.8 Å². The molecule has 2 aromatic carbocycles. The molecule has 3 N–H and O–H groups in total. The van der Waals surface area contributed by atoms with Crippen molar-refractivity contribution >= 4 is 11.0 Å². The van der Waals surface area contributed by atoms with Crippen molar-refractivity contribution in [2.45, 2.75) is 25.5 Å². The number of nitrogens with zero attached hydrogens (tertiary/aromatic N) is 4. The summed E-state index contributed by atoms with van der Waals surface area (Å²) in [5.74, 6) is 1.20. The van der Waals surface area contributed by atoms with E-state index in [2.05, 4.69) is 34.6 Å². The number of nitrogens with one attached hydrogen (secondary N) is 2. The summed E-state index contributed by atoms with van der Waals surface area (Å²) in [5.41, 5.74) is 2.99. The molecular formula is C27H34N6O3. The number of aromatic nitrogens is 4. The second kappa shape index (κ2) is 11.0. The van der Waals surface area contributed by atoms with E-state index in [-0.39, 0.29) is 6.54 Å². The van der Waals surface area contributed by atoms with Crippen LogP contribution in [0.1, 0.15) is 25.0 Å². The Morgan fingerprint density at radius 1 is 0.972 bits per heavy atom. The standard InChI is InChI=1S/C27H34N6O3/c1-18(2)29-9-8-28-17-27(34,21-10-22(35-4)13-23(11-21)36-5)20-6-7-24-25(12-20)32-26(15-30-24)19-14-31-33(3)16-19/h6-7,10-16,18,28-29,34H,8-9,17H2,1-5H3. The van der Waals surface area contributed by atoms with E-state index < -0.39 is 5.60 Å². The van der Waals surface area contributed by atoms with Gasteiger partial charge < -0.3 is 25.2 Å². The lowest BCUT2D eigenvalue weighted by molar-refractivity contribution is 0.0798. The molecule has 0 saturated carbocycles. The van der Waals surface area contributed by atoms with E-state index in [9.17, 15) is 5.11 Å². The molecule has 36 heavy (non-hydrogen) atoms. The van der Waals surface area contributed by atoms with E-state index in [1.807, 2.05) is 43.6 Å². The van der Waals surface area contributed by atoms with Crippen LogP contribution in [-0.2, 0) is 12.6 Å². The van der Waals surface area contributed by atoms with Crippen molar-refractivity contribution in [1.82, 2.24) is 30.4 Å². The van der Waals surface area contributed by atoms with E-state index in [0.29, 0.717) is 40.7 Å². The topological polar surface area (TPSA) is 106 Å². The van der Waals surface area contributed by atoms with Crippen LogP contribution in [-0.4, -0.2) is 64.8 Å². The minimum absolute atomic E-state index is 0.282. The summed E-state index contributed by atoms with van der Waals surface area (Å²) in [7, 11) is 5.06. The van der Waals surface area contributed by atoms with Crippen molar-refractivity contribution in [3.63, 3.8) is 0 Å². The summed E-state index contributed by atoms with van der Waals surface area (Å²) in [6.45, 7) is 5.97. The minimum atomic E-state index is -1.38. The first-order valence-electron chi connectivity index (χ1n) is 12.0. The van der Waals surface area contributed by atoms with Gasteiger partial charge in [0.25, 0.3) is 0 Å². The van der Waals surface area contributed by atoms with Gasteiger partial charge in [0.15, 0.2) is 0 Å². The Kier molecular flexibility index (Phi) is 7.83. The van der Waals surface area contributed by atoms with Gasteiger partial charge in [-0.1, -0.05) is 19.9 Å². The molecule has 9 nitrogen and oxygen atoms in total. The largest absolute Gasteiger partial charge is 0.497 e. The van der Waals surface area contributed by atoms with E-state index >= 15 is 0 Å². The molecule has 0 fully saturated rings. The molecule has 0 amide bonds. The molecular weight excluding hydrogens is 456 g/mol. The molecule has 1 atom stereocenters. The number of aryl methyl sites for hydroxylation is 1. The second-order valence-electron chi connectivity index (χ2n) is 9.11. The lowest BCUT2D eigenvalue weighted by Crippen LogP contribution is -2.42. The van der Waals surface area contributed by atoms with Gasteiger partial charge in [0.2, 0.25) is 0 Å². The van der Waals surface area contributed by atoms with Gasteiger partial charge in [0, 0.05) is 50.6 Å². The second-order valence-corrected chi connectivity index (χ2v) is 9.11. The minimum Gasteiger partial charge on any atom is -0.497 e. The molecule has 0 aliphatic heterocycles. The van der Waals surface area contributed by atoms with Gasteiger partial charge in [-0.2, -0.15) is 5.10 Å². The van der Waals surface area contributed by atoms with Crippen LogP contribution in [0.25, 0.3) is 22.3 Å². The number of hydrogen-bond donors (Lipinski definition) is 3. The van der Waals surface area contributed by atoms with Crippen LogP contribution in [0.5, 0.6) is 11.5 Å². The zero-order valence-electron chi connectivity index (χ0n) is 21.4. The molecule has 9 heteroatoms. The van der Waals surface area contributed by atoms with Gasteiger partial charge >= 0.3 is 0 Å². The zero-order valence-corrected chi connectivity index (χ0v) is 21.4. The van der Waals surface area contributed by atoms with Crippen LogP contribution in [0.4, 0.5) is 0 Å². The fourth-order valence-electron chi connectivity index (χ4n) is 4.10. The van der Waals surface area contributed by atoms with E-state index in [1.54, 1.807) is 37.4 Å². The summed E-state index contributed by atoms with van der Waals surface area (Å²) in [6.07, 6.45) is 5.39. The number of benzene rings is 2. The van der Waals surface area contributed by atoms with Gasteiger partial charge in [-0.3, -0.25) is 9.67 Å². The molecule has 0 aliphatic carbocycles. The quantitative estimate of drug-likeness (QED) is 0.276. The summed E-state index contributed by atoms with van der Waals surface area (Å²) in [4.78, 5) is 9.39. The van der Waals surface area contributed by atoms with E-state index in [0.717, 1.165) is 23.3 Å². The van der Waals surface area contributed by atoms with Crippen molar-refractivity contribution in [1.29, 1.82) is 0 Å². The van der Waals surface area contributed by atoms with Gasteiger partial charge in [0.1, 0.15) is 17.1 Å². The van der Waals surface area contributed by atoms with Crippen molar-refractivity contribution < 1.29 is 14.6 Å². The molecule has 0 radical (unpaired) electrons. The van der Waals surface area contributed by atoms with Crippen LogP contribution >= 0.6 is 0 Å². The summed E-state index contributed by atoms with van der Waals surface area (Å²) in [5, 5.41) is 23.2. The SMILES string of the molecule is COc1cc(OC)cc(C(O)(CNCCNC(C)C)c2ccc3ncc(-c4cnn(C)c4)nc3c2)c1. The maximum absolute atomic E-state index is 12.2. The Morgan fingerprint density at radius 2 is 1.72 bits per heavy atom. The Labute approximate surface area is 211 Å². The molecule has 4 aromatic rings. The van der Waals surface area contributed by atoms with E-state index in [1.165, 1.54) is 0 Å². The lowest BCUT2D eigenvalue weighted by Gasteiger charge is -2.31. The molecule has 1 unspecified atom stereocenters. The number of methoxy groups -OCH3 is 2. The number of ether oxygens (including phenoxy) is 2. The molecule has 2 aromatic heterocycles. The van der Waals surface area contributed by atoms with Gasteiger partial charge in [-0.25, -0.2) is 4.98 Å². The molecule has 2 heterocycles. The van der Waals surface area contributed by atoms with Crippen molar-refractivity contribution in [2.75, 3.05) is 33.9 Å². The number of fused-ring (bicyclic) bond motifs is 1. The first-order chi connectivity index (χ1) is 17.3. The fourth-order valence-corrected chi connectivity index (χ4v) is 4.10. The van der Waals surface area contributed by atoms with Crippen LogP contribution in [0.3, 0.4) is 0 Å². The maximum Gasteiger partial charge on any atom is 0.127 e. The third-order valence-electron chi connectivity index (χ3n) is 6.08. The monoisotopic (exact) mass is 490 g/mol. The van der Waals surface area contributed by atoms with Gasteiger partial charge in [0.05, 0.1) is 43.3 Å². The van der Waals surface area contributed by atoms with Crippen molar-refractivity contribution in [2.24, 2.45) is 7.05 Å². The highest BCUT2D eigenvalue weighted by atomic mass is 16.5. The molecule has 190 valence electrons. The number of rotatable bonds is 11. The zero-order chi connectivity index (χ0) is 25.7. The average molecular weight is 491 g/mol. The van der Waals surface area contributed by atoms with Gasteiger partial charge in [-0.05, 0) is 35.4 Å². The third kappa shape index (κ3) is 5.64. The van der Waals surface area contributed by atoms with Gasteiger partial charge in [-0.15, -0.1) is 0 Å². The Balaban J connectivity index is 1.75. The Bertz CT molecular complexity index is 1300. The van der Waals surface area contributed by atoms with Crippen LogP contribution in [0.15, 0.2) is 55.0 Å².